The summed E-state index contributed by atoms with van der Waals surface area (Å²) in [5.41, 5.74) is -2.09. The average Bonchev–Trinajstić information content (AvgIpc) is 3.38. The van der Waals surface area contributed by atoms with Gasteiger partial charge in [-0.1, -0.05) is 27.7 Å². The predicted octanol–water partition coefficient (Wildman–Crippen LogP) is 7.20. The van der Waals surface area contributed by atoms with Gasteiger partial charge in [0, 0.05) is 31.1 Å². The molecule has 8 aliphatic heterocycles. The number of rotatable bonds is 4. The number of carbonyl (C=O) groups excluding carboxylic acids is 1. The number of carbonyl (C=O) groups is 1. The lowest BCUT2D eigenvalue weighted by Crippen LogP contribution is -2.72. The summed E-state index contributed by atoms with van der Waals surface area (Å²) in [4.78, 5) is 38.4. The number of hydrogen-bond acceptors (Lipinski definition) is 11. The molecule has 272 valence electrons. The maximum Gasteiger partial charge on any atom is 0.509 e. The largest absolute Gasteiger partial charge is 0.509 e. The molecule has 0 radical (unpaired) electrons. The molecular formula is C37H58O11. The quantitative estimate of drug-likeness (QED) is 0.223. The maximum absolute atomic E-state index is 13.5. The van der Waals surface area contributed by atoms with E-state index in [0.29, 0.717) is 18.3 Å². The van der Waals surface area contributed by atoms with Gasteiger partial charge in [0.2, 0.25) is 11.6 Å². The van der Waals surface area contributed by atoms with Crippen molar-refractivity contribution in [1.29, 1.82) is 0 Å². The summed E-state index contributed by atoms with van der Waals surface area (Å²) in [5.74, 6) is -0.0190. The van der Waals surface area contributed by atoms with Crippen LogP contribution in [0.2, 0.25) is 0 Å². The van der Waals surface area contributed by atoms with Crippen LogP contribution in [0.15, 0.2) is 0 Å². The molecule has 8 heterocycles. The van der Waals surface area contributed by atoms with E-state index in [2.05, 4.69) is 27.7 Å². The molecule has 0 aromatic rings. The first-order valence-corrected chi connectivity index (χ1v) is 18.9. The van der Waals surface area contributed by atoms with Gasteiger partial charge in [-0.05, 0) is 109 Å². The van der Waals surface area contributed by atoms with Gasteiger partial charge in [-0.2, -0.15) is 0 Å². The first kappa shape index (κ1) is 34.1. The molecule has 2 spiro atoms. The average molecular weight is 679 g/mol. The van der Waals surface area contributed by atoms with Crippen LogP contribution in [0.4, 0.5) is 4.79 Å². The van der Waals surface area contributed by atoms with E-state index in [9.17, 15) is 4.79 Å². The third kappa shape index (κ3) is 5.14. The lowest BCUT2D eigenvalue weighted by molar-refractivity contribution is -0.573. The van der Waals surface area contributed by atoms with E-state index in [-0.39, 0.29) is 41.6 Å². The summed E-state index contributed by atoms with van der Waals surface area (Å²) in [6, 6.07) is 0. The molecule has 10 rings (SSSR count). The standard InChI is InChI=1S/C37H58O11/c1-19-10-12-25-21(3)27(39-30-36(25)23(19)14-16-34(8,42-30)45-47-36)18-28(40-32(38)44-33(5,6)7)29-22(4)26-13-11-20(2)24-15-17-35(9)43-31(41-29)37(24,26)48-46-35/h19-31H,10-18H2,1-9H3/t19-,20-,21-,22-,23+,24+,25+,26+,27-,28+,29?,30-,31-,34+,35+,36-,37-/m1/s1. The first-order chi connectivity index (χ1) is 22.6. The molecular weight excluding hydrogens is 620 g/mol. The molecule has 10 aliphatic rings. The fourth-order valence-electron chi connectivity index (χ4n) is 11.5. The van der Waals surface area contributed by atoms with Crippen molar-refractivity contribution in [2.45, 2.75) is 179 Å². The highest BCUT2D eigenvalue weighted by Crippen LogP contribution is 2.63. The molecule has 4 bridgehead atoms. The topological polar surface area (TPSA) is 109 Å². The molecule has 0 amide bonds. The molecule has 1 unspecified atom stereocenters. The first-order valence-electron chi connectivity index (χ1n) is 18.9. The van der Waals surface area contributed by atoms with Crippen molar-refractivity contribution in [3.05, 3.63) is 0 Å². The molecule has 17 atom stereocenters. The molecule has 11 heteroatoms. The Hall–Kier alpha value is -1.05. The summed E-state index contributed by atoms with van der Waals surface area (Å²) < 4.78 is 39.4. The molecule has 2 saturated carbocycles. The van der Waals surface area contributed by atoms with Gasteiger partial charge in [-0.3, -0.25) is 0 Å². The molecule has 8 saturated heterocycles. The minimum atomic E-state index is -0.900. The third-order valence-corrected chi connectivity index (χ3v) is 14.0. The summed E-state index contributed by atoms with van der Waals surface area (Å²) in [6.07, 6.45) is 4.58. The molecule has 11 nitrogen and oxygen atoms in total. The monoisotopic (exact) mass is 678 g/mol. The molecule has 0 aromatic carbocycles. The Morgan fingerprint density at radius 3 is 1.77 bits per heavy atom. The van der Waals surface area contributed by atoms with Gasteiger partial charge in [0.1, 0.15) is 17.8 Å². The van der Waals surface area contributed by atoms with Gasteiger partial charge in [0.05, 0.1) is 6.10 Å². The van der Waals surface area contributed by atoms with Crippen LogP contribution in [0.1, 0.15) is 120 Å². The Labute approximate surface area is 285 Å². The van der Waals surface area contributed by atoms with E-state index in [0.717, 1.165) is 51.4 Å². The summed E-state index contributed by atoms with van der Waals surface area (Å²) in [6.45, 7) is 18.5. The third-order valence-electron chi connectivity index (χ3n) is 14.0. The van der Waals surface area contributed by atoms with E-state index >= 15 is 0 Å². The molecule has 2 aliphatic carbocycles. The van der Waals surface area contributed by atoms with E-state index in [1.54, 1.807) is 0 Å². The fraction of sp³-hybridized carbons (Fsp3) is 0.973. The number of hydrogen-bond donors (Lipinski definition) is 0. The predicted molar refractivity (Wildman–Crippen MR) is 169 cm³/mol. The van der Waals surface area contributed by atoms with Crippen LogP contribution in [-0.2, 0) is 48.0 Å². The van der Waals surface area contributed by atoms with Gasteiger partial charge < -0.3 is 28.4 Å². The Balaban J connectivity index is 1.12. The van der Waals surface area contributed by atoms with E-state index in [4.69, 9.17) is 48.0 Å². The number of fused-ring (bicyclic) bond motifs is 4. The minimum absolute atomic E-state index is 0.0238. The SMILES string of the molecule is C[C@H]1[C@@H](C[C@H](OC(=O)OC(C)(C)C)C2O[C@@H]3O[C@]4(C)CC[C@H]5[C@H](C)CC[C@@H]([C@H]2C)[C@@]35OO4)O[C@@H]2O[C@]3(C)CC[C@H]4[C@H](C)CC[C@@H]1[C@@]24OO3. The lowest BCUT2D eigenvalue weighted by atomic mass is 9.56. The zero-order valence-electron chi connectivity index (χ0n) is 30.4. The van der Waals surface area contributed by atoms with Crippen LogP contribution < -0.4 is 0 Å². The Bertz CT molecular complexity index is 1260. The van der Waals surface area contributed by atoms with Crippen molar-refractivity contribution < 1.29 is 52.8 Å². The van der Waals surface area contributed by atoms with Gasteiger partial charge in [0.15, 0.2) is 23.8 Å². The van der Waals surface area contributed by atoms with Crippen LogP contribution in [0, 0.1) is 47.3 Å². The van der Waals surface area contributed by atoms with Crippen LogP contribution in [-0.4, -0.2) is 65.4 Å². The molecule has 0 N–H and O–H groups in total. The van der Waals surface area contributed by atoms with Crippen LogP contribution in [0.5, 0.6) is 0 Å². The number of ether oxygens (including phenoxy) is 6. The van der Waals surface area contributed by atoms with Crippen molar-refractivity contribution in [3.63, 3.8) is 0 Å². The Kier molecular flexibility index (Phi) is 8.14. The van der Waals surface area contributed by atoms with E-state index in [1.165, 1.54) is 0 Å². The Morgan fingerprint density at radius 1 is 0.708 bits per heavy atom. The van der Waals surface area contributed by atoms with Crippen molar-refractivity contribution in [2.24, 2.45) is 47.3 Å². The van der Waals surface area contributed by atoms with Crippen LogP contribution >= 0.6 is 0 Å². The van der Waals surface area contributed by atoms with Crippen molar-refractivity contribution in [3.8, 4) is 0 Å². The lowest BCUT2D eigenvalue weighted by Gasteiger charge is -2.62. The minimum Gasteiger partial charge on any atom is -0.429 e. The second-order valence-electron chi connectivity index (χ2n) is 18.2. The highest BCUT2D eigenvalue weighted by molar-refractivity contribution is 5.60. The van der Waals surface area contributed by atoms with Crippen LogP contribution in [0.25, 0.3) is 0 Å². The zero-order valence-corrected chi connectivity index (χ0v) is 30.4. The van der Waals surface area contributed by atoms with Crippen molar-refractivity contribution >= 4 is 6.16 Å². The van der Waals surface area contributed by atoms with Crippen LogP contribution in [0.3, 0.4) is 0 Å². The smallest absolute Gasteiger partial charge is 0.429 e. The Morgan fingerprint density at radius 2 is 1.23 bits per heavy atom. The second kappa shape index (κ2) is 11.5. The summed E-state index contributed by atoms with van der Waals surface area (Å²) in [5, 5.41) is 0. The van der Waals surface area contributed by atoms with E-state index in [1.807, 2.05) is 34.6 Å². The molecule has 48 heavy (non-hydrogen) atoms. The molecule has 10 fully saturated rings. The summed E-state index contributed by atoms with van der Waals surface area (Å²) >= 11 is 0. The van der Waals surface area contributed by atoms with Gasteiger partial charge >= 0.3 is 6.16 Å². The van der Waals surface area contributed by atoms with Crippen molar-refractivity contribution in [1.82, 2.24) is 0 Å². The van der Waals surface area contributed by atoms with E-state index < -0.39 is 59.3 Å². The highest BCUT2D eigenvalue weighted by Gasteiger charge is 2.72. The van der Waals surface area contributed by atoms with Gasteiger partial charge in [0.25, 0.3) is 0 Å². The second-order valence-corrected chi connectivity index (χ2v) is 18.2. The highest BCUT2D eigenvalue weighted by atomic mass is 17.3. The fourth-order valence-corrected chi connectivity index (χ4v) is 11.5. The van der Waals surface area contributed by atoms with Crippen molar-refractivity contribution in [2.75, 3.05) is 0 Å². The maximum atomic E-state index is 13.5. The van der Waals surface area contributed by atoms with Gasteiger partial charge in [-0.25, -0.2) is 24.3 Å². The zero-order chi connectivity index (χ0) is 34.0. The normalized spacial score (nSPS) is 54.7. The van der Waals surface area contributed by atoms with Gasteiger partial charge in [-0.15, -0.1) is 0 Å². The summed E-state index contributed by atoms with van der Waals surface area (Å²) in [7, 11) is 0. The molecule has 0 aromatic heterocycles.